The first-order chi connectivity index (χ1) is 8.06. The van der Waals surface area contributed by atoms with Crippen LogP contribution in [0.15, 0.2) is 22.7 Å². The SMILES string of the molecule is COCCOc1ccc(C(=O)N(C)C)cc1Br. The molecule has 1 amide bonds. The molecule has 0 aliphatic carbocycles. The fourth-order valence-electron chi connectivity index (χ4n) is 1.24. The molecule has 0 atom stereocenters. The molecule has 0 radical (unpaired) electrons. The van der Waals surface area contributed by atoms with Crippen LogP contribution in [0.25, 0.3) is 0 Å². The minimum Gasteiger partial charge on any atom is -0.490 e. The summed E-state index contributed by atoms with van der Waals surface area (Å²) in [4.78, 5) is 13.2. The first kappa shape index (κ1) is 14.0. The molecular weight excluding hydrogens is 286 g/mol. The average Bonchev–Trinajstić information content (AvgIpc) is 2.30. The predicted octanol–water partition coefficient (Wildman–Crippen LogP) is 2.18. The van der Waals surface area contributed by atoms with Crippen molar-refractivity contribution in [1.82, 2.24) is 4.90 Å². The van der Waals surface area contributed by atoms with Crippen LogP contribution in [0.5, 0.6) is 5.75 Å². The number of methoxy groups -OCH3 is 1. The molecule has 0 saturated carbocycles. The van der Waals surface area contributed by atoms with Gasteiger partial charge in [-0.3, -0.25) is 4.79 Å². The molecule has 0 fully saturated rings. The van der Waals surface area contributed by atoms with Crippen molar-refractivity contribution in [2.75, 3.05) is 34.4 Å². The topological polar surface area (TPSA) is 38.8 Å². The van der Waals surface area contributed by atoms with E-state index in [9.17, 15) is 4.79 Å². The molecule has 0 bridgehead atoms. The van der Waals surface area contributed by atoms with Crippen molar-refractivity contribution in [3.05, 3.63) is 28.2 Å². The van der Waals surface area contributed by atoms with Gasteiger partial charge in [-0.15, -0.1) is 0 Å². The fourth-order valence-corrected chi connectivity index (χ4v) is 1.74. The monoisotopic (exact) mass is 301 g/mol. The number of carbonyl (C=O) groups excluding carboxylic acids is 1. The number of rotatable bonds is 5. The molecule has 1 aromatic carbocycles. The first-order valence-corrected chi connectivity index (χ1v) is 5.98. The zero-order chi connectivity index (χ0) is 12.8. The highest BCUT2D eigenvalue weighted by atomic mass is 79.9. The maximum atomic E-state index is 11.7. The molecule has 1 rings (SSSR count). The second-order valence-corrected chi connectivity index (χ2v) is 4.54. The van der Waals surface area contributed by atoms with Gasteiger partial charge in [0.2, 0.25) is 0 Å². The average molecular weight is 302 g/mol. The minimum atomic E-state index is -0.0332. The number of hydrogen-bond acceptors (Lipinski definition) is 3. The van der Waals surface area contributed by atoms with Gasteiger partial charge in [0.25, 0.3) is 5.91 Å². The van der Waals surface area contributed by atoms with Crippen molar-refractivity contribution >= 4 is 21.8 Å². The van der Waals surface area contributed by atoms with Gasteiger partial charge in [0.05, 0.1) is 11.1 Å². The lowest BCUT2D eigenvalue weighted by Gasteiger charge is -2.12. The maximum Gasteiger partial charge on any atom is 0.253 e. The van der Waals surface area contributed by atoms with E-state index in [-0.39, 0.29) is 5.91 Å². The molecule has 0 aromatic heterocycles. The van der Waals surface area contributed by atoms with Crippen LogP contribution in [0.3, 0.4) is 0 Å². The summed E-state index contributed by atoms with van der Waals surface area (Å²) in [5, 5.41) is 0. The molecule has 94 valence electrons. The minimum absolute atomic E-state index is 0.0332. The second-order valence-electron chi connectivity index (χ2n) is 3.69. The zero-order valence-corrected chi connectivity index (χ0v) is 11.8. The van der Waals surface area contributed by atoms with Gasteiger partial charge in [0.15, 0.2) is 0 Å². The zero-order valence-electron chi connectivity index (χ0n) is 10.2. The number of carbonyl (C=O) groups is 1. The van der Waals surface area contributed by atoms with E-state index in [4.69, 9.17) is 9.47 Å². The Morgan fingerprint density at radius 1 is 1.35 bits per heavy atom. The molecule has 4 nitrogen and oxygen atoms in total. The van der Waals surface area contributed by atoms with Gasteiger partial charge < -0.3 is 14.4 Å². The number of benzene rings is 1. The molecular formula is C12H16BrNO3. The quantitative estimate of drug-likeness (QED) is 0.783. The van der Waals surface area contributed by atoms with Crippen molar-refractivity contribution in [3.8, 4) is 5.75 Å². The standard InChI is InChI=1S/C12H16BrNO3/c1-14(2)12(15)9-4-5-11(10(13)8-9)17-7-6-16-3/h4-5,8H,6-7H2,1-3H3. The highest BCUT2D eigenvalue weighted by molar-refractivity contribution is 9.10. The van der Waals surface area contributed by atoms with Crippen LogP contribution in [0, 0.1) is 0 Å². The Hall–Kier alpha value is -1.07. The number of hydrogen-bond donors (Lipinski definition) is 0. The molecule has 0 saturated heterocycles. The normalized spacial score (nSPS) is 10.1. The molecule has 0 heterocycles. The van der Waals surface area contributed by atoms with E-state index in [1.807, 2.05) is 0 Å². The molecule has 0 N–H and O–H groups in total. The summed E-state index contributed by atoms with van der Waals surface area (Å²) in [6, 6.07) is 5.27. The molecule has 17 heavy (non-hydrogen) atoms. The van der Waals surface area contributed by atoms with Crippen molar-refractivity contribution in [2.24, 2.45) is 0 Å². The van der Waals surface area contributed by atoms with Crippen LogP contribution in [-0.4, -0.2) is 45.2 Å². The van der Waals surface area contributed by atoms with Crippen LogP contribution >= 0.6 is 15.9 Å². The Morgan fingerprint density at radius 2 is 2.06 bits per heavy atom. The number of ether oxygens (including phenoxy) is 2. The van der Waals surface area contributed by atoms with E-state index in [0.717, 1.165) is 4.47 Å². The van der Waals surface area contributed by atoms with Crippen LogP contribution in [0.4, 0.5) is 0 Å². The maximum absolute atomic E-state index is 11.7. The number of nitrogens with zero attached hydrogens (tertiary/aromatic N) is 1. The predicted molar refractivity (Wildman–Crippen MR) is 69.5 cm³/mol. The Kier molecular flexibility index (Phi) is 5.44. The third kappa shape index (κ3) is 4.02. The van der Waals surface area contributed by atoms with Gasteiger partial charge in [-0.1, -0.05) is 0 Å². The Labute approximate surface area is 110 Å². The van der Waals surface area contributed by atoms with Crippen molar-refractivity contribution in [2.45, 2.75) is 0 Å². The molecule has 5 heteroatoms. The van der Waals surface area contributed by atoms with Crippen LogP contribution in [0.1, 0.15) is 10.4 Å². The van der Waals surface area contributed by atoms with E-state index < -0.39 is 0 Å². The van der Waals surface area contributed by atoms with E-state index in [1.54, 1.807) is 39.4 Å². The van der Waals surface area contributed by atoms with Crippen LogP contribution in [0.2, 0.25) is 0 Å². The molecule has 0 unspecified atom stereocenters. The van der Waals surface area contributed by atoms with Gasteiger partial charge in [-0.25, -0.2) is 0 Å². The van der Waals surface area contributed by atoms with Gasteiger partial charge in [0.1, 0.15) is 12.4 Å². The number of amides is 1. The third-order valence-corrected chi connectivity index (χ3v) is 2.75. The van der Waals surface area contributed by atoms with E-state index in [1.165, 1.54) is 4.90 Å². The molecule has 0 spiro atoms. The lowest BCUT2D eigenvalue weighted by atomic mass is 10.2. The highest BCUT2D eigenvalue weighted by Crippen LogP contribution is 2.26. The van der Waals surface area contributed by atoms with Crippen molar-refractivity contribution < 1.29 is 14.3 Å². The summed E-state index contributed by atoms with van der Waals surface area (Å²) in [5.74, 6) is 0.673. The van der Waals surface area contributed by atoms with Crippen molar-refractivity contribution in [3.63, 3.8) is 0 Å². The van der Waals surface area contributed by atoms with Crippen molar-refractivity contribution in [1.29, 1.82) is 0 Å². The summed E-state index contributed by atoms with van der Waals surface area (Å²) >= 11 is 3.38. The van der Waals surface area contributed by atoms with E-state index in [0.29, 0.717) is 24.5 Å². The van der Waals surface area contributed by atoms with E-state index >= 15 is 0 Å². The van der Waals surface area contributed by atoms with Gasteiger partial charge in [0, 0.05) is 26.8 Å². The summed E-state index contributed by atoms with van der Waals surface area (Å²) in [6.07, 6.45) is 0. The largest absolute Gasteiger partial charge is 0.490 e. The molecule has 0 aliphatic rings. The molecule has 0 aliphatic heterocycles. The summed E-state index contributed by atoms with van der Waals surface area (Å²) in [5.41, 5.74) is 0.626. The summed E-state index contributed by atoms with van der Waals surface area (Å²) in [6.45, 7) is 1.01. The van der Waals surface area contributed by atoms with E-state index in [2.05, 4.69) is 15.9 Å². The lowest BCUT2D eigenvalue weighted by Crippen LogP contribution is -2.21. The fraction of sp³-hybridized carbons (Fsp3) is 0.417. The second kappa shape index (κ2) is 6.61. The Balaban J connectivity index is 2.75. The lowest BCUT2D eigenvalue weighted by molar-refractivity contribution is 0.0827. The molecule has 1 aromatic rings. The van der Waals surface area contributed by atoms with Gasteiger partial charge >= 0.3 is 0 Å². The van der Waals surface area contributed by atoms with Gasteiger partial charge in [-0.05, 0) is 34.1 Å². The number of halogens is 1. The van der Waals surface area contributed by atoms with Crippen LogP contribution < -0.4 is 4.74 Å². The smallest absolute Gasteiger partial charge is 0.253 e. The van der Waals surface area contributed by atoms with Gasteiger partial charge in [-0.2, -0.15) is 0 Å². The summed E-state index contributed by atoms with van der Waals surface area (Å²) in [7, 11) is 5.07. The Bertz CT molecular complexity index is 393. The highest BCUT2D eigenvalue weighted by Gasteiger charge is 2.10. The first-order valence-electron chi connectivity index (χ1n) is 5.19. The summed E-state index contributed by atoms with van der Waals surface area (Å²) < 4.78 is 11.1. The third-order valence-electron chi connectivity index (χ3n) is 2.13. The Morgan fingerprint density at radius 3 is 2.59 bits per heavy atom. The van der Waals surface area contributed by atoms with Crippen LogP contribution in [-0.2, 0) is 4.74 Å².